The van der Waals surface area contributed by atoms with Crippen molar-refractivity contribution in [3.63, 3.8) is 0 Å². The number of amides is 2. The molecule has 31 heavy (non-hydrogen) atoms. The summed E-state index contributed by atoms with van der Waals surface area (Å²) < 4.78 is 6.73. The Kier molecular flexibility index (Phi) is 6.73. The average Bonchev–Trinajstić information content (AvgIpc) is 3.50. The summed E-state index contributed by atoms with van der Waals surface area (Å²) in [4.78, 5) is 31.0. The lowest BCUT2D eigenvalue weighted by molar-refractivity contribution is -0.139. The van der Waals surface area contributed by atoms with Crippen LogP contribution in [-0.4, -0.2) is 58.3 Å². The molecule has 2 amide bonds. The maximum absolute atomic E-state index is 12.6. The first-order valence-electron chi connectivity index (χ1n) is 10.2. The summed E-state index contributed by atoms with van der Waals surface area (Å²) in [5.74, 6) is -0.290. The zero-order valence-electron chi connectivity index (χ0n) is 17.4. The van der Waals surface area contributed by atoms with Crippen molar-refractivity contribution >= 4 is 23.2 Å². The molecular formula is C22H25N5O3S. The lowest BCUT2D eigenvalue weighted by Gasteiger charge is -2.31. The van der Waals surface area contributed by atoms with Gasteiger partial charge in [0.2, 0.25) is 11.8 Å². The summed E-state index contributed by atoms with van der Waals surface area (Å²) in [6, 6.07) is 9.92. The number of methoxy groups -OCH3 is 1. The maximum atomic E-state index is 12.6. The third kappa shape index (κ3) is 5.18. The molecule has 3 aromatic rings. The average molecular weight is 440 g/mol. The fourth-order valence-corrected chi connectivity index (χ4v) is 4.41. The van der Waals surface area contributed by atoms with Gasteiger partial charge < -0.3 is 15.0 Å². The molecule has 162 valence electrons. The highest BCUT2D eigenvalue weighted by molar-refractivity contribution is 7.09. The summed E-state index contributed by atoms with van der Waals surface area (Å²) in [6.45, 7) is 1.57. The summed E-state index contributed by atoms with van der Waals surface area (Å²) in [5.41, 5.74) is 2.89. The molecule has 0 unspecified atom stereocenters. The second-order valence-electron chi connectivity index (χ2n) is 7.45. The zero-order valence-corrected chi connectivity index (χ0v) is 18.2. The smallest absolute Gasteiger partial charge is 0.248 e. The molecule has 0 aliphatic carbocycles. The monoisotopic (exact) mass is 439 g/mol. The van der Waals surface area contributed by atoms with E-state index in [1.807, 2.05) is 41.9 Å². The predicted octanol–water partition coefficient (Wildman–Crippen LogP) is 2.50. The van der Waals surface area contributed by atoms with Gasteiger partial charge >= 0.3 is 0 Å². The molecule has 1 N–H and O–H groups in total. The van der Waals surface area contributed by atoms with E-state index in [9.17, 15) is 9.59 Å². The third-order valence-corrected chi connectivity index (χ3v) is 6.16. The SMILES string of the molecule is COCC(=O)N1CCC[C@H](C(=O)NCc2nc(-c3ccc(-n4cccn4)cc3)cs2)C1. The summed E-state index contributed by atoms with van der Waals surface area (Å²) in [5, 5.41) is 10.1. The minimum Gasteiger partial charge on any atom is -0.375 e. The number of hydrogen-bond donors (Lipinski definition) is 1. The molecular weight excluding hydrogens is 414 g/mol. The van der Waals surface area contributed by atoms with Crippen LogP contribution in [0, 0.1) is 5.92 Å². The van der Waals surface area contributed by atoms with Gasteiger partial charge in [-0.3, -0.25) is 9.59 Å². The van der Waals surface area contributed by atoms with Crippen LogP contribution in [-0.2, 0) is 20.9 Å². The van der Waals surface area contributed by atoms with E-state index in [4.69, 9.17) is 4.74 Å². The van der Waals surface area contributed by atoms with Crippen molar-refractivity contribution in [1.29, 1.82) is 0 Å². The highest BCUT2D eigenvalue weighted by atomic mass is 32.1. The Bertz CT molecular complexity index is 1020. The molecule has 1 fully saturated rings. The van der Waals surface area contributed by atoms with Crippen molar-refractivity contribution in [2.75, 3.05) is 26.8 Å². The Hall–Kier alpha value is -3.04. The Morgan fingerprint density at radius 1 is 1.29 bits per heavy atom. The maximum Gasteiger partial charge on any atom is 0.248 e. The van der Waals surface area contributed by atoms with E-state index in [1.165, 1.54) is 18.4 Å². The summed E-state index contributed by atoms with van der Waals surface area (Å²) in [7, 11) is 1.50. The number of benzene rings is 1. The largest absolute Gasteiger partial charge is 0.375 e. The zero-order chi connectivity index (χ0) is 21.6. The number of thiazole rings is 1. The minimum atomic E-state index is -0.191. The summed E-state index contributed by atoms with van der Waals surface area (Å²) in [6.07, 6.45) is 5.26. The number of nitrogens with one attached hydrogen (secondary N) is 1. The van der Waals surface area contributed by atoms with Gasteiger partial charge in [-0.05, 0) is 31.0 Å². The molecule has 0 bridgehead atoms. The molecule has 1 aromatic carbocycles. The third-order valence-electron chi connectivity index (χ3n) is 5.31. The van der Waals surface area contributed by atoms with Gasteiger partial charge in [-0.1, -0.05) is 12.1 Å². The number of rotatable bonds is 7. The minimum absolute atomic E-state index is 0.0322. The molecule has 0 spiro atoms. The number of carbonyl (C=O) groups is 2. The Balaban J connectivity index is 1.32. The van der Waals surface area contributed by atoms with Crippen molar-refractivity contribution < 1.29 is 14.3 Å². The molecule has 1 saturated heterocycles. The quantitative estimate of drug-likeness (QED) is 0.611. The molecule has 1 aliphatic heterocycles. The molecule has 3 heterocycles. The molecule has 0 saturated carbocycles. The number of ether oxygens (including phenoxy) is 1. The number of nitrogens with zero attached hydrogens (tertiary/aromatic N) is 4. The highest BCUT2D eigenvalue weighted by Gasteiger charge is 2.28. The van der Waals surface area contributed by atoms with Gasteiger partial charge in [0.1, 0.15) is 11.6 Å². The molecule has 1 aliphatic rings. The van der Waals surface area contributed by atoms with Crippen LogP contribution in [0.25, 0.3) is 16.9 Å². The Labute approximate surface area is 184 Å². The molecule has 4 rings (SSSR count). The van der Waals surface area contributed by atoms with Crippen molar-refractivity contribution in [2.45, 2.75) is 19.4 Å². The topological polar surface area (TPSA) is 89.4 Å². The van der Waals surface area contributed by atoms with Gasteiger partial charge in [-0.2, -0.15) is 5.10 Å². The van der Waals surface area contributed by atoms with E-state index in [-0.39, 0.29) is 24.3 Å². The highest BCUT2D eigenvalue weighted by Crippen LogP contribution is 2.23. The number of likely N-dealkylation sites (tertiary alicyclic amines) is 1. The fourth-order valence-electron chi connectivity index (χ4n) is 3.67. The second-order valence-corrected chi connectivity index (χ2v) is 8.40. The van der Waals surface area contributed by atoms with Crippen LogP contribution in [0.15, 0.2) is 48.1 Å². The van der Waals surface area contributed by atoms with E-state index < -0.39 is 0 Å². The van der Waals surface area contributed by atoms with E-state index in [0.717, 1.165) is 34.8 Å². The second kappa shape index (κ2) is 9.84. The van der Waals surface area contributed by atoms with Gasteiger partial charge in [-0.15, -0.1) is 11.3 Å². The van der Waals surface area contributed by atoms with Crippen molar-refractivity contribution in [3.05, 3.63) is 53.1 Å². The van der Waals surface area contributed by atoms with E-state index in [0.29, 0.717) is 19.6 Å². The van der Waals surface area contributed by atoms with Crippen LogP contribution >= 0.6 is 11.3 Å². The van der Waals surface area contributed by atoms with E-state index in [2.05, 4.69) is 15.4 Å². The van der Waals surface area contributed by atoms with Crippen LogP contribution in [0.5, 0.6) is 0 Å². The normalized spacial score (nSPS) is 16.3. The fraction of sp³-hybridized carbons (Fsp3) is 0.364. The van der Waals surface area contributed by atoms with Crippen molar-refractivity contribution in [1.82, 2.24) is 25.0 Å². The molecule has 1 atom stereocenters. The Morgan fingerprint density at radius 3 is 2.87 bits per heavy atom. The van der Waals surface area contributed by atoms with Crippen LogP contribution in [0.3, 0.4) is 0 Å². The van der Waals surface area contributed by atoms with Gasteiger partial charge in [0.15, 0.2) is 0 Å². The lowest BCUT2D eigenvalue weighted by Crippen LogP contribution is -2.46. The van der Waals surface area contributed by atoms with Gasteiger partial charge in [-0.25, -0.2) is 9.67 Å². The number of carbonyl (C=O) groups excluding carboxylic acids is 2. The predicted molar refractivity (Wildman–Crippen MR) is 118 cm³/mol. The van der Waals surface area contributed by atoms with Crippen LogP contribution in [0.2, 0.25) is 0 Å². The van der Waals surface area contributed by atoms with E-state index in [1.54, 1.807) is 15.8 Å². The molecule has 2 aromatic heterocycles. The van der Waals surface area contributed by atoms with E-state index >= 15 is 0 Å². The van der Waals surface area contributed by atoms with Gasteiger partial charge in [0, 0.05) is 43.5 Å². The number of piperidine rings is 1. The van der Waals surface area contributed by atoms with Crippen LogP contribution < -0.4 is 5.32 Å². The van der Waals surface area contributed by atoms with Crippen molar-refractivity contribution in [3.8, 4) is 16.9 Å². The van der Waals surface area contributed by atoms with Crippen LogP contribution in [0.1, 0.15) is 17.8 Å². The van der Waals surface area contributed by atoms with Crippen LogP contribution in [0.4, 0.5) is 0 Å². The first kappa shape index (κ1) is 21.2. The molecule has 0 radical (unpaired) electrons. The standard InChI is InChI=1S/C22H25N5O3S/c1-30-14-21(28)26-10-2-4-17(13-26)22(29)23-12-20-25-19(15-31-20)16-5-7-18(8-6-16)27-11-3-9-24-27/h3,5-9,11,15,17H,2,4,10,12-14H2,1H3,(H,23,29)/t17-/m0/s1. The summed E-state index contributed by atoms with van der Waals surface area (Å²) >= 11 is 1.52. The van der Waals surface area contributed by atoms with Gasteiger partial charge in [0.05, 0.1) is 23.8 Å². The van der Waals surface area contributed by atoms with Gasteiger partial charge in [0.25, 0.3) is 0 Å². The number of hydrogen-bond acceptors (Lipinski definition) is 6. The lowest BCUT2D eigenvalue weighted by atomic mass is 9.97. The molecule has 8 nitrogen and oxygen atoms in total. The Morgan fingerprint density at radius 2 is 2.13 bits per heavy atom. The van der Waals surface area contributed by atoms with Crippen molar-refractivity contribution in [2.24, 2.45) is 5.92 Å². The first-order chi connectivity index (χ1) is 15.1. The molecule has 9 heteroatoms. The number of aromatic nitrogens is 3. The first-order valence-corrected chi connectivity index (χ1v) is 11.1.